The van der Waals surface area contributed by atoms with Crippen LogP contribution in [0.2, 0.25) is 0 Å². The van der Waals surface area contributed by atoms with Gasteiger partial charge in [-0.1, -0.05) is 12.6 Å². The van der Waals surface area contributed by atoms with Crippen LogP contribution < -0.4 is 5.73 Å². The van der Waals surface area contributed by atoms with Gasteiger partial charge in [0.1, 0.15) is 4.88 Å². The van der Waals surface area contributed by atoms with E-state index in [1.807, 2.05) is 6.92 Å². The normalized spacial score (nSPS) is 9.80. The SMILES string of the molecule is Cc1cc(N)c(C(=O)S)s1. The summed E-state index contributed by atoms with van der Waals surface area (Å²) in [5.74, 6) is 0. The van der Waals surface area contributed by atoms with Gasteiger partial charge in [0.25, 0.3) is 0 Å². The van der Waals surface area contributed by atoms with Crippen LogP contribution in [-0.2, 0) is 0 Å². The molecule has 0 unspecified atom stereocenters. The molecule has 0 aliphatic heterocycles. The lowest BCUT2D eigenvalue weighted by molar-refractivity contribution is 0.109. The van der Waals surface area contributed by atoms with Gasteiger partial charge in [0, 0.05) is 4.88 Å². The van der Waals surface area contributed by atoms with E-state index < -0.39 is 0 Å². The van der Waals surface area contributed by atoms with Crippen LogP contribution in [0.3, 0.4) is 0 Å². The van der Waals surface area contributed by atoms with Crippen LogP contribution >= 0.6 is 24.0 Å². The van der Waals surface area contributed by atoms with Gasteiger partial charge in [0.05, 0.1) is 5.69 Å². The van der Waals surface area contributed by atoms with E-state index in [1.165, 1.54) is 11.3 Å². The highest BCUT2D eigenvalue weighted by atomic mass is 32.1. The molecule has 0 spiro atoms. The summed E-state index contributed by atoms with van der Waals surface area (Å²) in [6, 6.07) is 1.77. The molecule has 2 nitrogen and oxygen atoms in total. The molecule has 0 saturated heterocycles. The summed E-state index contributed by atoms with van der Waals surface area (Å²) in [6.45, 7) is 1.90. The van der Waals surface area contributed by atoms with Crippen molar-refractivity contribution in [2.45, 2.75) is 6.92 Å². The minimum Gasteiger partial charge on any atom is -0.397 e. The summed E-state index contributed by atoms with van der Waals surface area (Å²) in [7, 11) is 0. The quantitative estimate of drug-likeness (QED) is 0.635. The molecule has 1 aromatic heterocycles. The number of nitrogens with two attached hydrogens (primary N) is 1. The Kier molecular flexibility index (Phi) is 2.01. The first-order chi connectivity index (χ1) is 4.61. The van der Waals surface area contributed by atoms with Gasteiger partial charge in [-0.2, -0.15) is 0 Å². The number of thiol groups is 1. The first kappa shape index (κ1) is 7.63. The summed E-state index contributed by atoms with van der Waals surface area (Å²) in [5, 5.41) is -0.254. The third kappa shape index (κ3) is 1.33. The molecule has 1 aromatic rings. The van der Waals surface area contributed by atoms with Crippen LogP contribution in [0.25, 0.3) is 0 Å². The maximum atomic E-state index is 10.7. The summed E-state index contributed by atoms with van der Waals surface area (Å²) in [6.07, 6.45) is 0. The summed E-state index contributed by atoms with van der Waals surface area (Å²) in [4.78, 5) is 12.3. The number of hydrogen-bond acceptors (Lipinski definition) is 3. The lowest BCUT2D eigenvalue weighted by Gasteiger charge is -1.87. The second kappa shape index (κ2) is 2.64. The van der Waals surface area contributed by atoms with Gasteiger partial charge < -0.3 is 5.73 Å². The Bertz CT molecular complexity index is 267. The maximum Gasteiger partial charge on any atom is 0.228 e. The molecular formula is C6H7NOS2. The fraction of sp³-hybridized carbons (Fsp3) is 0.167. The highest BCUT2D eigenvalue weighted by Gasteiger charge is 2.07. The van der Waals surface area contributed by atoms with Crippen molar-refractivity contribution in [3.05, 3.63) is 15.8 Å². The molecule has 0 aromatic carbocycles. The number of nitrogen functional groups attached to an aromatic ring is 1. The number of carbonyl (C=O) groups is 1. The Balaban J connectivity index is 3.15. The van der Waals surface area contributed by atoms with Crippen molar-refractivity contribution in [1.29, 1.82) is 0 Å². The molecule has 10 heavy (non-hydrogen) atoms. The van der Waals surface area contributed by atoms with Crippen molar-refractivity contribution in [2.75, 3.05) is 5.73 Å². The number of hydrogen-bond donors (Lipinski definition) is 2. The van der Waals surface area contributed by atoms with E-state index in [-0.39, 0.29) is 5.12 Å². The van der Waals surface area contributed by atoms with Crippen molar-refractivity contribution in [2.24, 2.45) is 0 Å². The second-order valence-corrected chi connectivity index (χ2v) is 3.61. The highest BCUT2D eigenvalue weighted by Crippen LogP contribution is 2.24. The number of carbonyl (C=O) groups excluding carboxylic acids is 1. The monoisotopic (exact) mass is 173 g/mol. The van der Waals surface area contributed by atoms with E-state index in [2.05, 4.69) is 12.6 Å². The molecule has 0 fully saturated rings. The Morgan fingerprint density at radius 1 is 1.80 bits per heavy atom. The topological polar surface area (TPSA) is 43.1 Å². The first-order valence-electron chi connectivity index (χ1n) is 2.70. The van der Waals surface area contributed by atoms with Crippen molar-refractivity contribution in [3.63, 3.8) is 0 Å². The summed E-state index contributed by atoms with van der Waals surface area (Å²) < 4.78 is 0. The van der Waals surface area contributed by atoms with Crippen molar-refractivity contribution in [3.8, 4) is 0 Å². The Labute approximate surface area is 68.5 Å². The molecular weight excluding hydrogens is 166 g/mol. The van der Waals surface area contributed by atoms with E-state index >= 15 is 0 Å². The highest BCUT2D eigenvalue weighted by molar-refractivity contribution is 7.97. The minimum absolute atomic E-state index is 0.254. The second-order valence-electron chi connectivity index (χ2n) is 1.95. The van der Waals surface area contributed by atoms with Gasteiger partial charge >= 0.3 is 0 Å². The minimum atomic E-state index is -0.254. The Hall–Kier alpha value is -0.480. The smallest absolute Gasteiger partial charge is 0.228 e. The molecule has 0 atom stereocenters. The van der Waals surface area contributed by atoms with Gasteiger partial charge in [-0.05, 0) is 13.0 Å². The van der Waals surface area contributed by atoms with E-state index in [9.17, 15) is 4.79 Å². The lowest BCUT2D eigenvalue weighted by Crippen LogP contribution is -1.90. The molecule has 1 rings (SSSR count). The number of thiophene rings is 1. The van der Waals surface area contributed by atoms with Crippen LogP contribution in [0.4, 0.5) is 5.69 Å². The van der Waals surface area contributed by atoms with Crippen molar-refractivity contribution >= 4 is 34.8 Å². The van der Waals surface area contributed by atoms with E-state index in [1.54, 1.807) is 6.07 Å². The third-order valence-electron chi connectivity index (χ3n) is 1.08. The molecule has 1 heterocycles. The molecule has 0 aliphatic carbocycles. The zero-order chi connectivity index (χ0) is 7.72. The maximum absolute atomic E-state index is 10.7. The van der Waals surface area contributed by atoms with Gasteiger partial charge in [0.2, 0.25) is 5.12 Å². The van der Waals surface area contributed by atoms with Gasteiger partial charge in [-0.15, -0.1) is 11.3 Å². The molecule has 0 radical (unpaired) electrons. The summed E-state index contributed by atoms with van der Waals surface area (Å²) in [5.41, 5.74) is 6.01. The largest absolute Gasteiger partial charge is 0.397 e. The van der Waals surface area contributed by atoms with Gasteiger partial charge in [0.15, 0.2) is 0 Å². The van der Waals surface area contributed by atoms with E-state index in [4.69, 9.17) is 5.73 Å². The van der Waals surface area contributed by atoms with Crippen LogP contribution in [0.5, 0.6) is 0 Å². The van der Waals surface area contributed by atoms with Crippen molar-refractivity contribution < 1.29 is 4.79 Å². The summed E-state index contributed by atoms with van der Waals surface area (Å²) >= 11 is 5.03. The van der Waals surface area contributed by atoms with E-state index in [0.717, 1.165) is 4.88 Å². The fourth-order valence-corrected chi connectivity index (χ4v) is 1.74. The number of anilines is 1. The molecule has 0 amide bonds. The van der Waals surface area contributed by atoms with E-state index in [0.29, 0.717) is 10.6 Å². The molecule has 0 saturated carbocycles. The molecule has 4 heteroatoms. The van der Waals surface area contributed by atoms with Crippen molar-refractivity contribution in [1.82, 2.24) is 0 Å². The average molecular weight is 173 g/mol. The first-order valence-corrected chi connectivity index (χ1v) is 3.97. The molecule has 0 bridgehead atoms. The number of rotatable bonds is 1. The average Bonchev–Trinajstić information content (AvgIpc) is 2.10. The molecule has 2 N–H and O–H groups in total. The Morgan fingerprint density at radius 3 is 2.60 bits per heavy atom. The predicted octanol–water partition coefficient (Wildman–Crippen LogP) is 1.71. The molecule has 54 valence electrons. The van der Waals surface area contributed by atoms with Crippen LogP contribution in [-0.4, -0.2) is 5.12 Å². The predicted molar refractivity (Wildman–Crippen MR) is 46.8 cm³/mol. The van der Waals surface area contributed by atoms with Crippen LogP contribution in [0.1, 0.15) is 14.5 Å². The Morgan fingerprint density at radius 2 is 2.40 bits per heavy atom. The zero-order valence-electron chi connectivity index (χ0n) is 5.42. The van der Waals surface area contributed by atoms with Gasteiger partial charge in [-0.3, -0.25) is 4.79 Å². The lowest BCUT2D eigenvalue weighted by atomic mass is 10.4. The van der Waals surface area contributed by atoms with Gasteiger partial charge in [-0.25, -0.2) is 0 Å². The molecule has 0 aliphatic rings. The fourth-order valence-electron chi connectivity index (χ4n) is 0.701. The zero-order valence-corrected chi connectivity index (χ0v) is 7.13. The standard InChI is InChI=1S/C6H7NOS2/c1-3-2-4(7)5(10-3)6(8)9/h2H,7H2,1H3,(H,8,9). The van der Waals surface area contributed by atoms with Crippen LogP contribution in [0, 0.1) is 6.92 Å². The third-order valence-corrected chi connectivity index (χ3v) is 2.52. The number of aryl methyl sites for hydroxylation is 1. The van der Waals surface area contributed by atoms with Crippen LogP contribution in [0.15, 0.2) is 6.07 Å².